The van der Waals surface area contributed by atoms with Crippen molar-refractivity contribution in [3.05, 3.63) is 16.8 Å². The van der Waals surface area contributed by atoms with Crippen molar-refractivity contribution < 1.29 is 8.42 Å². The third-order valence-corrected chi connectivity index (χ3v) is 3.98. The summed E-state index contributed by atoms with van der Waals surface area (Å²) in [5.74, 6) is 0.880. The molecule has 7 heteroatoms. The summed E-state index contributed by atoms with van der Waals surface area (Å²) < 4.78 is 24.3. The lowest BCUT2D eigenvalue weighted by Gasteiger charge is -2.01. The molecule has 17 heavy (non-hydrogen) atoms. The molecule has 0 amide bonds. The van der Waals surface area contributed by atoms with E-state index < -0.39 is 9.84 Å². The van der Waals surface area contributed by atoms with Gasteiger partial charge in [0.05, 0.1) is 11.9 Å². The van der Waals surface area contributed by atoms with Crippen LogP contribution >= 0.6 is 11.8 Å². The molecular formula is C10H13N3O2S2. The number of thioether (sulfide) groups is 1. The zero-order valence-corrected chi connectivity index (χ0v) is 11.5. The van der Waals surface area contributed by atoms with Crippen LogP contribution in [0.3, 0.4) is 0 Å². The molecule has 1 rings (SSSR count). The molecule has 92 valence electrons. The van der Waals surface area contributed by atoms with Gasteiger partial charge in [-0.3, -0.25) is 0 Å². The summed E-state index contributed by atoms with van der Waals surface area (Å²) >= 11 is 1.56. The van der Waals surface area contributed by atoms with Gasteiger partial charge in [-0.2, -0.15) is 5.26 Å². The zero-order valence-electron chi connectivity index (χ0n) is 9.84. The monoisotopic (exact) mass is 271 g/mol. The van der Waals surface area contributed by atoms with E-state index in [0.717, 1.165) is 17.2 Å². The maximum absolute atomic E-state index is 11.3. The second kappa shape index (κ2) is 5.38. The van der Waals surface area contributed by atoms with E-state index in [1.165, 1.54) is 6.08 Å². The minimum atomic E-state index is -3.48. The van der Waals surface area contributed by atoms with Crippen molar-refractivity contribution in [3.63, 3.8) is 0 Å². The lowest BCUT2D eigenvalue weighted by Crippen LogP contribution is -2.00. The molecule has 1 aromatic heterocycles. The van der Waals surface area contributed by atoms with Crippen LogP contribution < -0.4 is 0 Å². The quantitative estimate of drug-likeness (QED) is 0.612. The van der Waals surface area contributed by atoms with Crippen molar-refractivity contribution in [2.24, 2.45) is 7.05 Å². The van der Waals surface area contributed by atoms with E-state index in [9.17, 15) is 8.42 Å². The number of hydrogen-bond donors (Lipinski definition) is 0. The normalized spacial score (nSPS) is 12.5. The Balaban J connectivity index is 3.20. The number of imidazole rings is 1. The second-order valence-corrected chi connectivity index (χ2v) is 6.57. The average molecular weight is 271 g/mol. The molecule has 0 saturated heterocycles. The number of allylic oxidation sites excluding steroid dienone is 1. The van der Waals surface area contributed by atoms with Crippen LogP contribution in [0.4, 0.5) is 0 Å². The summed E-state index contributed by atoms with van der Waals surface area (Å²) in [7, 11) is -1.70. The lowest BCUT2D eigenvalue weighted by atomic mass is 10.4. The van der Waals surface area contributed by atoms with Crippen LogP contribution in [0.1, 0.15) is 12.6 Å². The van der Waals surface area contributed by atoms with Crippen LogP contribution in [-0.2, 0) is 16.9 Å². The highest BCUT2D eigenvalue weighted by Crippen LogP contribution is 2.19. The fraction of sp³-hybridized carbons (Fsp3) is 0.400. The molecule has 1 aromatic rings. The summed E-state index contributed by atoms with van der Waals surface area (Å²) in [6.45, 7) is 2.01. The Labute approximate surface area is 105 Å². The van der Waals surface area contributed by atoms with Gasteiger partial charge in [0.25, 0.3) is 0 Å². The molecule has 0 aliphatic heterocycles. The first kappa shape index (κ1) is 13.8. The van der Waals surface area contributed by atoms with E-state index in [0.29, 0.717) is 5.69 Å². The molecule has 0 saturated carbocycles. The van der Waals surface area contributed by atoms with E-state index in [-0.39, 0.29) is 4.91 Å². The van der Waals surface area contributed by atoms with Crippen LogP contribution in [0, 0.1) is 11.3 Å². The molecule has 1 heterocycles. The zero-order chi connectivity index (χ0) is 13.1. The predicted molar refractivity (Wildman–Crippen MR) is 68.0 cm³/mol. The average Bonchev–Trinajstić information content (AvgIpc) is 2.56. The van der Waals surface area contributed by atoms with Gasteiger partial charge in [0.2, 0.25) is 0 Å². The SMILES string of the molecule is CCSc1ncc(/C=C(/C#N)S(C)(=O)=O)n1C. The Morgan fingerprint density at radius 1 is 1.71 bits per heavy atom. The number of sulfone groups is 1. The molecular weight excluding hydrogens is 258 g/mol. The van der Waals surface area contributed by atoms with Gasteiger partial charge in [-0.1, -0.05) is 18.7 Å². The van der Waals surface area contributed by atoms with E-state index in [4.69, 9.17) is 5.26 Å². The lowest BCUT2D eigenvalue weighted by molar-refractivity contribution is 0.609. The van der Waals surface area contributed by atoms with Crippen molar-refractivity contribution in [2.45, 2.75) is 12.1 Å². The number of aromatic nitrogens is 2. The number of nitrogens with zero attached hydrogens (tertiary/aromatic N) is 3. The number of rotatable bonds is 4. The highest BCUT2D eigenvalue weighted by atomic mass is 32.2. The van der Waals surface area contributed by atoms with Gasteiger partial charge in [0.1, 0.15) is 11.0 Å². The third-order valence-electron chi connectivity index (χ3n) is 2.04. The summed E-state index contributed by atoms with van der Waals surface area (Å²) in [4.78, 5) is 3.90. The van der Waals surface area contributed by atoms with Gasteiger partial charge in [-0.05, 0) is 11.8 Å². The van der Waals surface area contributed by atoms with Crippen LogP contribution in [0.5, 0.6) is 0 Å². The van der Waals surface area contributed by atoms with Crippen molar-refractivity contribution in [1.29, 1.82) is 5.26 Å². The predicted octanol–water partition coefficient (Wildman–Crippen LogP) is 1.44. The minimum Gasteiger partial charge on any atom is -0.323 e. The molecule has 0 fully saturated rings. The van der Waals surface area contributed by atoms with Gasteiger partial charge in [-0.15, -0.1) is 0 Å². The fourth-order valence-corrected chi connectivity index (χ4v) is 2.34. The van der Waals surface area contributed by atoms with Gasteiger partial charge < -0.3 is 4.57 Å². The highest BCUT2D eigenvalue weighted by molar-refractivity contribution is 7.99. The third kappa shape index (κ3) is 3.35. The molecule has 0 aliphatic carbocycles. The molecule has 0 aliphatic rings. The molecule has 0 atom stereocenters. The Hall–Kier alpha value is -1.26. The maximum atomic E-state index is 11.3. The summed E-state index contributed by atoms with van der Waals surface area (Å²) in [6, 6.07) is 1.68. The van der Waals surface area contributed by atoms with Gasteiger partial charge in [0.15, 0.2) is 15.0 Å². The Bertz CT molecular complexity index is 579. The van der Waals surface area contributed by atoms with Crippen molar-refractivity contribution in [3.8, 4) is 6.07 Å². The summed E-state index contributed by atoms with van der Waals surface area (Å²) in [5.41, 5.74) is 0.600. The summed E-state index contributed by atoms with van der Waals surface area (Å²) in [6.07, 6.45) is 3.91. The van der Waals surface area contributed by atoms with E-state index in [1.54, 1.807) is 35.6 Å². The number of nitriles is 1. The number of hydrogen-bond acceptors (Lipinski definition) is 5. The molecule has 0 bridgehead atoms. The van der Waals surface area contributed by atoms with E-state index >= 15 is 0 Å². The maximum Gasteiger partial charge on any atom is 0.185 e. The standard InChI is InChI=1S/C10H13N3O2S2/c1-4-16-10-12-7-8(13(10)2)5-9(6-11)17(3,14)15/h5,7H,4H2,1-3H3/b9-5-. The molecule has 0 spiro atoms. The molecule has 0 aromatic carbocycles. The first-order chi connectivity index (χ1) is 7.90. The Morgan fingerprint density at radius 2 is 2.35 bits per heavy atom. The highest BCUT2D eigenvalue weighted by Gasteiger charge is 2.12. The van der Waals surface area contributed by atoms with Gasteiger partial charge in [-0.25, -0.2) is 13.4 Å². The van der Waals surface area contributed by atoms with Crippen LogP contribution in [0.2, 0.25) is 0 Å². The smallest absolute Gasteiger partial charge is 0.185 e. The van der Waals surface area contributed by atoms with Crippen LogP contribution in [-0.4, -0.2) is 30.0 Å². The first-order valence-corrected chi connectivity index (χ1v) is 7.74. The van der Waals surface area contributed by atoms with Crippen LogP contribution in [0.25, 0.3) is 6.08 Å². The van der Waals surface area contributed by atoms with E-state index in [2.05, 4.69) is 4.98 Å². The first-order valence-electron chi connectivity index (χ1n) is 4.86. The van der Waals surface area contributed by atoms with Crippen molar-refractivity contribution in [1.82, 2.24) is 9.55 Å². The Morgan fingerprint density at radius 3 is 2.82 bits per heavy atom. The van der Waals surface area contributed by atoms with Crippen molar-refractivity contribution in [2.75, 3.05) is 12.0 Å². The summed E-state index contributed by atoms with van der Waals surface area (Å²) in [5, 5.41) is 9.59. The largest absolute Gasteiger partial charge is 0.323 e. The molecule has 5 nitrogen and oxygen atoms in total. The van der Waals surface area contributed by atoms with Crippen LogP contribution in [0.15, 0.2) is 16.3 Å². The Kier molecular flexibility index (Phi) is 4.37. The van der Waals surface area contributed by atoms with Gasteiger partial charge in [0, 0.05) is 13.3 Å². The molecule has 0 unspecified atom stereocenters. The fourth-order valence-electron chi connectivity index (χ4n) is 1.16. The minimum absolute atomic E-state index is 0.256. The van der Waals surface area contributed by atoms with Gasteiger partial charge >= 0.3 is 0 Å². The van der Waals surface area contributed by atoms with Crippen molar-refractivity contribution >= 4 is 27.7 Å². The topological polar surface area (TPSA) is 75.8 Å². The van der Waals surface area contributed by atoms with E-state index in [1.807, 2.05) is 6.92 Å². The molecule has 0 N–H and O–H groups in total. The second-order valence-electron chi connectivity index (χ2n) is 3.35. The molecule has 0 radical (unpaired) electrons.